The average molecular weight is 204 g/mol. The highest BCUT2D eigenvalue weighted by Crippen LogP contribution is 2.19. The van der Waals surface area contributed by atoms with Gasteiger partial charge in [-0.05, 0) is 25.0 Å². The highest BCUT2D eigenvalue weighted by molar-refractivity contribution is 5.94. The van der Waals surface area contributed by atoms with Crippen LogP contribution in [0, 0.1) is 7.05 Å². The van der Waals surface area contributed by atoms with E-state index in [1.807, 2.05) is 29.6 Å². The largest absolute Gasteiger partial charge is 0.475 e. The Balaban J connectivity index is 2.05. The van der Waals surface area contributed by atoms with Crippen LogP contribution in [0.15, 0.2) is 24.3 Å². The van der Waals surface area contributed by atoms with Crippen LogP contribution in [-0.4, -0.2) is 11.9 Å². The molecule has 15 heavy (non-hydrogen) atoms. The van der Waals surface area contributed by atoms with Gasteiger partial charge in [0.15, 0.2) is 0 Å². The lowest BCUT2D eigenvalue weighted by atomic mass is 10.1. The first-order valence-corrected chi connectivity index (χ1v) is 5.30. The Hall–Kier alpha value is -1.35. The normalized spacial score (nSPS) is 15.0. The molecule has 0 saturated heterocycles. The lowest BCUT2D eigenvalue weighted by Gasteiger charge is -2.05. The second-order valence-corrected chi connectivity index (χ2v) is 3.94. The van der Waals surface area contributed by atoms with Crippen molar-refractivity contribution >= 4 is 5.91 Å². The molecule has 1 aliphatic carbocycles. The smallest absolute Gasteiger partial charge is 0.251 e. The molecule has 1 saturated carbocycles. The third-order valence-electron chi connectivity index (χ3n) is 2.48. The molecule has 0 spiro atoms. The Morgan fingerprint density at radius 3 is 3.00 bits per heavy atom. The van der Waals surface area contributed by atoms with Gasteiger partial charge in [0.05, 0.1) is 6.54 Å². The van der Waals surface area contributed by atoms with Crippen LogP contribution in [-0.2, 0) is 6.54 Å². The second-order valence-electron chi connectivity index (χ2n) is 3.94. The zero-order valence-corrected chi connectivity index (χ0v) is 8.70. The van der Waals surface area contributed by atoms with Crippen LogP contribution in [0.4, 0.5) is 0 Å². The van der Waals surface area contributed by atoms with E-state index in [2.05, 4.69) is 12.4 Å². The van der Waals surface area contributed by atoms with E-state index in [0.29, 0.717) is 6.04 Å². The average Bonchev–Trinajstić information content (AvgIpc) is 3.03. The Morgan fingerprint density at radius 2 is 2.33 bits per heavy atom. The molecule has 1 aromatic rings. The summed E-state index contributed by atoms with van der Waals surface area (Å²) in [5, 5.41) is 4.82. The number of nitrogens with two attached hydrogens (primary N) is 1. The summed E-state index contributed by atoms with van der Waals surface area (Å²) in [6, 6.07) is 8.13. The van der Waals surface area contributed by atoms with Crippen LogP contribution in [0.5, 0.6) is 0 Å². The van der Waals surface area contributed by atoms with Crippen molar-refractivity contribution in [3.05, 3.63) is 42.4 Å². The van der Waals surface area contributed by atoms with E-state index in [-0.39, 0.29) is 5.91 Å². The molecule has 3 nitrogen and oxygen atoms in total. The minimum Gasteiger partial charge on any atom is -0.475 e. The summed E-state index contributed by atoms with van der Waals surface area (Å²) in [6.07, 6.45) is 2.25. The molecule has 1 amide bonds. The summed E-state index contributed by atoms with van der Waals surface area (Å²) < 4.78 is 0. The van der Waals surface area contributed by atoms with E-state index >= 15 is 0 Å². The van der Waals surface area contributed by atoms with E-state index in [9.17, 15) is 4.79 Å². The third kappa shape index (κ3) is 2.80. The highest BCUT2D eigenvalue weighted by Gasteiger charge is 2.23. The van der Waals surface area contributed by atoms with Crippen LogP contribution < -0.4 is 10.6 Å². The fourth-order valence-corrected chi connectivity index (χ4v) is 1.50. The van der Waals surface area contributed by atoms with Gasteiger partial charge in [0.2, 0.25) is 0 Å². The van der Waals surface area contributed by atoms with Crippen molar-refractivity contribution in [3.8, 4) is 0 Å². The van der Waals surface area contributed by atoms with Gasteiger partial charge in [-0.2, -0.15) is 7.05 Å². The number of nitrogens with one attached hydrogen (secondary N) is 1. The molecule has 1 fully saturated rings. The van der Waals surface area contributed by atoms with Crippen molar-refractivity contribution in [2.24, 2.45) is 0 Å². The lowest BCUT2D eigenvalue weighted by molar-refractivity contribution is -0.612. The summed E-state index contributed by atoms with van der Waals surface area (Å²) in [7, 11) is 3.69. The van der Waals surface area contributed by atoms with Gasteiger partial charge in [0.25, 0.3) is 5.91 Å². The number of carbonyl (C=O) groups excluding carboxylic acids is 1. The lowest BCUT2D eigenvalue weighted by Crippen LogP contribution is -2.74. The summed E-state index contributed by atoms with van der Waals surface area (Å²) in [5.41, 5.74) is 1.88. The third-order valence-corrected chi connectivity index (χ3v) is 2.48. The molecule has 2 rings (SSSR count). The minimum absolute atomic E-state index is 0.0448. The van der Waals surface area contributed by atoms with Crippen molar-refractivity contribution in [1.29, 1.82) is 0 Å². The second kappa shape index (κ2) is 4.45. The molecule has 3 heteroatoms. The fourth-order valence-electron chi connectivity index (χ4n) is 1.50. The van der Waals surface area contributed by atoms with Gasteiger partial charge in [-0.3, -0.25) is 4.79 Å². The van der Waals surface area contributed by atoms with Crippen molar-refractivity contribution in [2.75, 3.05) is 0 Å². The number of hydrogen-bond donors (Lipinski definition) is 2. The van der Waals surface area contributed by atoms with E-state index in [0.717, 1.165) is 30.5 Å². The molecular formula is C12H16N2O. The highest BCUT2D eigenvalue weighted by atomic mass is 16.1. The topological polar surface area (TPSA) is 45.7 Å². The van der Waals surface area contributed by atoms with E-state index in [4.69, 9.17) is 0 Å². The van der Waals surface area contributed by atoms with Gasteiger partial charge in [-0.1, -0.05) is 12.1 Å². The predicted molar refractivity (Wildman–Crippen MR) is 57.9 cm³/mol. The van der Waals surface area contributed by atoms with Gasteiger partial charge in [0.1, 0.15) is 0 Å². The molecule has 0 bridgehead atoms. The number of rotatable bonds is 4. The van der Waals surface area contributed by atoms with Gasteiger partial charge in [-0.15, -0.1) is 0 Å². The number of hydrogen-bond acceptors (Lipinski definition) is 1. The molecule has 1 aliphatic rings. The van der Waals surface area contributed by atoms with Crippen molar-refractivity contribution in [2.45, 2.75) is 25.4 Å². The molecule has 1 aromatic carbocycles. The Labute approximate surface area is 89.9 Å². The summed E-state index contributed by atoms with van der Waals surface area (Å²) in [5.74, 6) is 0.0448. The van der Waals surface area contributed by atoms with E-state index < -0.39 is 0 Å². The van der Waals surface area contributed by atoms with Gasteiger partial charge >= 0.3 is 0 Å². The molecular weight excluding hydrogens is 188 g/mol. The molecule has 0 heterocycles. The SMILES string of the molecule is [CH2-][NH2+]Cc1cccc(C(=O)NC2CC2)c1. The number of benzene rings is 1. The molecule has 80 valence electrons. The molecule has 0 atom stereocenters. The summed E-state index contributed by atoms with van der Waals surface area (Å²) >= 11 is 0. The van der Waals surface area contributed by atoms with Crippen molar-refractivity contribution in [3.63, 3.8) is 0 Å². The zero-order chi connectivity index (χ0) is 10.7. The monoisotopic (exact) mass is 204 g/mol. The molecule has 0 aromatic heterocycles. The quantitative estimate of drug-likeness (QED) is 0.687. The van der Waals surface area contributed by atoms with Crippen LogP contribution in [0.3, 0.4) is 0 Å². The maximum absolute atomic E-state index is 11.7. The van der Waals surface area contributed by atoms with E-state index in [1.165, 1.54) is 0 Å². The number of amides is 1. The minimum atomic E-state index is 0.0448. The zero-order valence-electron chi connectivity index (χ0n) is 8.70. The summed E-state index contributed by atoms with van der Waals surface area (Å²) in [6.45, 7) is 0.810. The molecule has 0 aliphatic heterocycles. The Bertz CT molecular complexity index is 358. The van der Waals surface area contributed by atoms with Crippen molar-refractivity contribution < 1.29 is 10.1 Å². The molecule has 3 N–H and O–H groups in total. The molecule has 0 unspecified atom stereocenters. The first kappa shape index (κ1) is 10.2. The van der Waals surface area contributed by atoms with Crippen molar-refractivity contribution in [1.82, 2.24) is 5.32 Å². The van der Waals surface area contributed by atoms with E-state index in [1.54, 1.807) is 0 Å². The Kier molecular flexibility index (Phi) is 3.02. The number of carbonyl (C=O) groups is 1. The van der Waals surface area contributed by atoms with Crippen LogP contribution in [0.1, 0.15) is 28.8 Å². The predicted octanol–water partition coefficient (Wildman–Crippen LogP) is 0.434. The van der Waals surface area contributed by atoms with Crippen LogP contribution in [0.2, 0.25) is 0 Å². The maximum Gasteiger partial charge on any atom is 0.251 e. The first-order chi connectivity index (χ1) is 7.29. The van der Waals surface area contributed by atoms with Crippen LogP contribution >= 0.6 is 0 Å². The van der Waals surface area contributed by atoms with Gasteiger partial charge < -0.3 is 10.6 Å². The Morgan fingerprint density at radius 1 is 1.53 bits per heavy atom. The van der Waals surface area contributed by atoms with Crippen LogP contribution in [0.25, 0.3) is 0 Å². The first-order valence-electron chi connectivity index (χ1n) is 5.30. The maximum atomic E-state index is 11.7. The fraction of sp³-hybridized carbons (Fsp3) is 0.333. The standard InChI is InChI=1S/C12H16N2O/c1-13-8-9-3-2-4-10(7-9)12(15)14-11-5-6-11/h2-4,7,11H,1,5-6,8,13H2,(H,14,15). The molecule has 0 radical (unpaired) electrons. The van der Waals surface area contributed by atoms with Gasteiger partial charge in [0, 0.05) is 17.2 Å². The number of quaternary nitrogens is 1. The summed E-state index contributed by atoms with van der Waals surface area (Å²) in [4.78, 5) is 11.7. The van der Waals surface area contributed by atoms with Gasteiger partial charge in [-0.25, -0.2) is 0 Å².